The quantitative estimate of drug-likeness (QED) is 0.735. The topological polar surface area (TPSA) is 95.7 Å². The van der Waals surface area contributed by atoms with E-state index in [4.69, 9.17) is 5.73 Å². The summed E-state index contributed by atoms with van der Waals surface area (Å²) in [5, 5.41) is 12.2. The molecule has 2 rings (SSSR count). The molecule has 0 spiro atoms. The minimum atomic E-state index is -1.07. The third-order valence-corrected chi connectivity index (χ3v) is 3.68. The molecule has 1 aromatic carbocycles. The van der Waals surface area contributed by atoms with Crippen LogP contribution in [0.25, 0.3) is 0 Å². The molecule has 0 radical (unpaired) electrons. The van der Waals surface area contributed by atoms with Crippen LogP contribution >= 0.6 is 0 Å². The van der Waals surface area contributed by atoms with Crippen molar-refractivity contribution in [3.63, 3.8) is 0 Å². The number of aromatic carboxylic acids is 1. The van der Waals surface area contributed by atoms with E-state index >= 15 is 0 Å². The first-order chi connectivity index (χ1) is 9.99. The fourth-order valence-electron chi connectivity index (χ4n) is 2.55. The van der Waals surface area contributed by atoms with Crippen LogP contribution in [0.3, 0.4) is 0 Å². The SMILES string of the molecule is CC(Nc1ccc(N)cc1C(=O)O)C(=O)N1CCCCC1. The maximum absolute atomic E-state index is 12.3. The molecule has 114 valence electrons. The number of carboxylic acids is 1. The molecule has 4 N–H and O–H groups in total. The Balaban J connectivity index is 2.10. The van der Waals surface area contributed by atoms with E-state index in [0.717, 1.165) is 32.4 Å². The normalized spacial score (nSPS) is 16.3. The molecule has 1 fully saturated rings. The molecule has 1 aliphatic rings. The number of nitrogens with one attached hydrogen (secondary N) is 1. The summed E-state index contributed by atoms with van der Waals surface area (Å²) in [6.45, 7) is 3.30. The molecule has 21 heavy (non-hydrogen) atoms. The van der Waals surface area contributed by atoms with Crippen molar-refractivity contribution in [1.29, 1.82) is 0 Å². The maximum Gasteiger partial charge on any atom is 0.337 e. The molecule has 1 saturated heterocycles. The molecular formula is C15H21N3O3. The van der Waals surface area contributed by atoms with Crippen molar-refractivity contribution in [3.8, 4) is 0 Å². The Bertz CT molecular complexity index is 539. The van der Waals surface area contributed by atoms with Crippen molar-refractivity contribution in [2.75, 3.05) is 24.1 Å². The molecule has 1 heterocycles. The molecular weight excluding hydrogens is 270 g/mol. The zero-order valence-electron chi connectivity index (χ0n) is 12.1. The summed E-state index contributed by atoms with van der Waals surface area (Å²) in [5.41, 5.74) is 6.48. The molecule has 0 bridgehead atoms. The Labute approximate surface area is 123 Å². The zero-order valence-corrected chi connectivity index (χ0v) is 12.1. The maximum atomic E-state index is 12.3. The first-order valence-electron chi connectivity index (χ1n) is 7.17. The van der Waals surface area contributed by atoms with E-state index in [2.05, 4.69) is 5.32 Å². The van der Waals surface area contributed by atoms with Gasteiger partial charge in [-0.25, -0.2) is 4.79 Å². The van der Waals surface area contributed by atoms with Crippen molar-refractivity contribution >= 4 is 23.3 Å². The first kappa shape index (κ1) is 15.2. The lowest BCUT2D eigenvalue weighted by molar-refractivity contribution is -0.132. The Morgan fingerprint density at radius 1 is 1.29 bits per heavy atom. The smallest absolute Gasteiger partial charge is 0.337 e. The first-order valence-corrected chi connectivity index (χ1v) is 7.17. The number of hydrogen-bond donors (Lipinski definition) is 3. The summed E-state index contributed by atoms with van der Waals surface area (Å²) in [4.78, 5) is 25.4. The molecule has 1 aliphatic heterocycles. The van der Waals surface area contributed by atoms with E-state index in [1.165, 1.54) is 6.07 Å². The molecule has 6 nitrogen and oxygen atoms in total. The fourth-order valence-corrected chi connectivity index (χ4v) is 2.55. The van der Waals surface area contributed by atoms with Gasteiger partial charge in [0.1, 0.15) is 6.04 Å². The van der Waals surface area contributed by atoms with Crippen LogP contribution < -0.4 is 11.1 Å². The van der Waals surface area contributed by atoms with Gasteiger partial charge < -0.3 is 21.1 Å². The number of nitrogens with two attached hydrogens (primary N) is 1. The Morgan fingerprint density at radius 3 is 2.57 bits per heavy atom. The molecule has 1 atom stereocenters. The van der Waals surface area contributed by atoms with Gasteiger partial charge in [-0.3, -0.25) is 4.79 Å². The number of amides is 1. The van der Waals surface area contributed by atoms with Crippen molar-refractivity contribution in [1.82, 2.24) is 4.90 Å². The number of nitrogen functional groups attached to an aromatic ring is 1. The van der Waals surface area contributed by atoms with Crippen LogP contribution in [-0.4, -0.2) is 41.0 Å². The van der Waals surface area contributed by atoms with E-state index in [9.17, 15) is 14.7 Å². The minimum Gasteiger partial charge on any atom is -0.478 e. The van der Waals surface area contributed by atoms with Gasteiger partial charge in [0.25, 0.3) is 0 Å². The lowest BCUT2D eigenvalue weighted by Crippen LogP contribution is -2.44. The van der Waals surface area contributed by atoms with Crippen molar-refractivity contribution < 1.29 is 14.7 Å². The molecule has 1 unspecified atom stereocenters. The standard InChI is InChI=1S/C15H21N3O3/c1-10(14(19)18-7-3-2-4-8-18)17-13-6-5-11(16)9-12(13)15(20)21/h5-6,9-10,17H,2-4,7-8,16H2,1H3,(H,20,21). The summed E-state index contributed by atoms with van der Waals surface area (Å²) in [7, 11) is 0. The van der Waals surface area contributed by atoms with Gasteiger partial charge in [0.15, 0.2) is 0 Å². The molecule has 0 aliphatic carbocycles. The summed E-state index contributed by atoms with van der Waals surface area (Å²) < 4.78 is 0. The number of rotatable bonds is 4. The van der Waals surface area contributed by atoms with Crippen molar-refractivity contribution in [2.45, 2.75) is 32.2 Å². The lowest BCUT2D eigenvalue weighted by atomic mass is 10.1. The number of piperidine rings is 1. The second-order valence-corrected chi connectivity index (χ2v) is 5.36. The molecule has 0 aromatic heterocycles. The van der Waals surface area contributed by atoms with Gasteiger partial charge in [0, 0.05) is 24.5 Å². The van der Waals surface area contributed by atoms with Gasteiger partial charge in [-0.2, -0.15) is 0 Å². The van der Waals surface area contributed by atoms with E-state index in [-0.39, 0.29) is 11.5 Å². The fraction of sp³-hybridized carbons (Fsp3) is 0.467. The number of nitrogens with zero attached hydrogens (tertiary/aromatic N) is 1. The molecule has 0 saturated carbocycles. The van der Waals surface area contributed by atoms with E-state index in [0.29, 0.717) is 11.4 Å². The zero-order chi connectivity index (χ0) is 15.4. The van der Waals surface area contributed by atoms with Gasteiger partial charge >= 0.3 is 5.97 Å². The van der Waals surface area contributed by atoms with Crippen LogP contribution in [0.2, 0.25) is 0 Å². The van der Waals surface area contributed by atoms with Crippen LogP contribution in [0, 0.1) is 0 Å². The summed E-state index contributed by atoms with van der Waals surface area (Å²) >= 11 is 0. The average molecular weight is 291 g/mol. The highest BCUT2D eigenvalue weighted by Gasteiger charge is 2.23. The molecule has 1 amide bonds. The number of hydrogen-bond acceptors (Lipinski definition) is 4. The van der Waals surface area contributed by atoms with Gasteiger partial charge in [0.05, 0.1) is 5.56 Å². The summed E-state index contributed by atoms with van der Waals surface area (Å²) in [6.07, 6.45) is 3.22. The Hall–Kier alpha value is -2.24. The number of likely N-dealkylation sites (tertiary alicyclic amines) is 1. The predicted molar refractivity (Wildman–Crippen MR) is 81.3 cm³/mol. The van der Waals surface area contributed by atoms with E-state index in [1.807, 2.05) is 4.90 Å². The summed E-state index contributed by atoms with van der Waals surface area (Å²) in [6, 6.07) is 4.14. The van der Waals surface area contributed by atoms with Gasteiger partial charge in [-0.05, 0) is 44.4 Å². The predicted octanol–water partition coefficient (Wildman–Crippen LogP) is 1.78. The number of carboxylic acid groups (broad SMARTS) is 1. The van der Waals surface area contributed by atoms with Crippen LogP contribution in [0.1, 0.15) is 36.5 Å². The van der Waals surface area contributed by atoms with Crippen LogP contribution in [0.5, 0.6) is 0 Å². The van der Waals surface area contributed by atoms with Gasteiger partial charge in [0.2, 0.25) is 5.91 Å². The van der Waals surface area contributed by atoms with Gasteiger partial charge in [-0.15, -0.1) is 0 Å². The molecule has 6 heteroatoms. The number of anilines is 2. The lowest BCUT2D eigenvalue weighted by Gasteiger charge is -2.30. The van der Waals surface area contributed by atoms with E-state index < -0.39 is 12.0 Å². The minimum absolute atomic E-state index is 0.00265. The Morgan fingerprint density at radius 2 is 1.95 bits per heavy atom. The third-order valence-electron chi connectivity index (χ3n) is 3.68. The van der Waals surface area contributed by atoms with Gasteiger partial charge in [-0.1, -0.05) is 0 Å². The van der Waals surface area contributed by atoms with Crippen molar-refractivity contribution in [2.24, 2.45) is 0 Å². The number of carbonyl (C=O) groups excluding carboxylic acids is 1. The van der Waals surface area contributed by atoms with E-state index in [1.54, 1.807) is 19.1 Å². The second kappa shape index (κ2) is 6.47. The van der Waals surface area contributed by atoms with Crippen LogP contribution in [-0.2, 0) is 4.79 Å². The highest BCUT2D eigenvalue weighted by atomic mass is 16.4. The average Bonchev–Trinajstić information content (AvgIpc) is 2.49. The Kier molecular flexibility index (Phi) is 4.67. The van der Waals surface area contributed by atoms with Crippen LogP contribution in [0.4, 0.5) is 11.4 Å². The number of benzene rings is 1. The van der Waals surface area contributed by atoms with Crippen molar-refractivity contribution in [3.05, 3.63) is 23.8 Å². The summed E-state index contributed by atoms with van der Waals surface area (Å²) in [5.74, 6) is -1.06. The second-order valence-electron chi connectivity index (χ2n) is 5.36. The largest absolute Gasteiger partial charge is 0.478 e. The number of carbonyl (C=O) groups is 2. The third kappa shape index (κ3) is 3.65. The highest BCUT2D eigenvalue weighted by Crippen LogP contribution is 2.20. The monoisotopic (exact) mass is 291 g/mol. The molecule has 1 aromatic rings. The highest BCUT2D eigenvalue weighted by molar-refractivity contribution is 5.96. The van der Waals surface area contributed by atoms with Crippen LogP contribution in [0.15, 0.2) is 18.2 Å².